The molecule has 0 radical (unpaired) electrons. The lowest BCUT2D eigenvalue weighted by atomic mass is 10.4. The van der Waals surface area contributed by atoms with E-state index in [1.165, 1.54) is 11.3 Å². The fourth-order valence-electron chi connectivity index (χ4n) is 1.12. The van der Waals surface area contributed by atoms with Crippen LogP contribution in [0.1, 0.15) is 28.0 Å². The molecule has 1 amide bonds. The second kappa shape index (κ2) is 6.53. The van der Waals surface area contributed by atoms with Crippen molar-refractivity contribution < 1.29 is 4.79 Å². The first-order valence-corrected chi connectivity index (χ1v) is 5.97. The normalized spacial score (nSPS) is 10.3. The molecule has 0 atom stereocenters. The minimum Gasteiger partial charge on any atom is -0.350 e. The van der Waals surface area contributed by atoms with Gasteiger partial charge in [0.1, 0.15) is 4.88 Å². The zero-order valence-corrected chi connectivity index (χ0v) is 9.99. The summed E-state index contributed by atoms with van der Waals surface area (Å²) in [7, 11) is 0. The van der Waals surface area contributed by atoms with E-state index < -0.39 is 0 Å². The van der Waals surface area contributed by atoms with E-state index >= 15 is 0 Å². The Balaban J connectivity index is 2.19. The predicted octanol–water partition coefficient (Wildman–Crippen LogP) is 1.18. The average Bonchev–Trinajstić information content (AvgIpc) is 2.64. The van der Waals surface area contributed by atoms with Crippen molar-refractivity contribution in [1.29, 1.82) is 0 Å². The van der Waals surface area contributed by atoms with Crippen LogP contribution in [0.5, 0.6) is 0 Å². The van der Waals surface area contributed by atoms with E-state index in [9.17, 15) is 4.79 Å². The van der Waals surface area contributed by atoms with E-state index in [2.05, 4.69) is 22.5 Å². The lowest BCUT2D eigenvalue weighted by Gasteiger charge is -2.03. The number of rotatable bonds is 6. The molecule has 0 aliphatic carbocycles. The van der Waals surface area contributed by atoms with Crippen molar-refractivity contribution in [3.05, 3.63) is 16.1 Å². The molecule has 1 rings (SSSR count). The van der Waals surface area contributed by atoms with Crippen LogP contribution in [0.2, 0.25) is 0 Å². The number of hydrogen-bond acceptors (Lipinski definition) is 4. The summed E-state index contributed by atoms with van der Waals surface area (Å²) in [5.41, 5.74) is 0. The van der Waals surface area contributed by atoms with Gasteiger partial charge in [0.2, 0.25) is 0 Å². The van der Waals surface area contributed by atoms with E-state index in [1.54, 1.807) is 6.20 Å². The molecule has 0 bridgehead atoms. The lowest BCUT2D eigenvalue weighted by Crippen LogP contribution is -2.31. The molecule has 0 aromatic carbocycles. The zero-order valence-electron chi connectivity index (χ0n) is 9.17. The Kier molecular flexibility index (Phi) is 5.28. The topological polar surface area (TPSA) is 54.0 Å². The molecule has 2 N–H and O–H groups in total. The molecule has 84 valence electrons. The van der Waals surface area contributed by atoms with Gasteiger partial charge in [-0.05, 0) is 19.9 Å². The highest BCUT2D eigenvalue weighted by Crippen LogP contribution is 2.10. The molecule has 1 heterocycles. The highest BCUT2D eigenvalue weighted by atomic mass is 32.1. The molecule has 0 spiro atoms. The van der Waals surface area contributed by atoms with Gasteiger partial charge in [0.15, 0.2) is 0 Å². The first-order chi connectivity index (χ1) is 7.24. The van der Waals surface area contributed by atoms with Crippen LogP contribution in [0.15, 0.2) is 6.20 Å². The van der Waals surface area contributed by atoms with Crippen LogP contribution in [-0.2, 0) is 0 Å². The average molecular weight is 227 g/mol. The van der Waals surface area contributed by atoms with Crippen molar-refractivity contribution >= 4 is 17.2 Å². The molecule has 0 aliphatic heterocycles. The Morgan fingerprint density at radius 1 is 1.47 bits per heavy atom. The monoisotopic (exact) mass is 227 g/mol. The molecule has 0 fully saturated rings. The van der Waals surface area contributed by atoms with Crippen molar-refractivity contribution in [3.63, 3.8) is 0 Å². The van der Waals surface area contributed by atoms with Crippen LogP contribution in [-0.4, -0.2) is 30.5 Å². The molecule has 0 aliphatic rings. The van der Waals surface area contributed by atoms with E-state index in [4.69, 9.17) is 0 Å². The van der Waals surface area contributed by atoms with E-state index in [1.807, 2.05) is 6.92 Å². The van der Waals surface area contributed by atoms with Crippen LogP contribution in [0, 0.1) is 6.92 Å². The summed E-state index contributed by atoms with van der Waals surface area (Å²) in [5.74, 6) is -0.0288. The summed E-state index contributed by atoms with van der Waals surface area (Å²) in [6.45, 7) is 6.48. The van der Waals surface area contributed by atoms with Crippen LogP contribution >= 0.6 is 11.3 Å². The maximum Gasteiger partial charge on any atom is 0.263 e. The van der Waals surface area contributed by atoms with Gasteiger partial charge < -0.3 is 10.6 Å². The standard InChI is InChI=1S/C10H17N3OS/c1-3-4-11-5-6-12-10(14)9-7-13-8(2)15-9/h7,11H,3-6H2,1-2H3,(H,12,14). The molecule has 5 heteroatoms. The van der Waals surface area contributed by atoms with Gasteiger partial charge in [-0.1, -0.05) is 6.92 Å². The number of carbonyl (C=O) groups excluding carboxylic acids is 1. The highest BCUT2D eigenvalue weighted by Gasteiger charge is 2.07. The number of amides is 1. The minimum atomic E-state index is -0.0288. The van der Waals surface area contributed by atoms with Crippen molar-refractivity contribution in [2.45, 2.75) is 20.3 Å². The number of carbonyl (C=O) groups is 1. The Bertz CT molecular complexity index is 311. The molecule has 1 aromatic rings. The van der Waals surface area contributed by atoms with Gasteiger partial charge in [-0.3, -0.25) is 4.79 Å². The number of nitrogens with one attached hydrogen (secondary N) is 2. The fraction of sp³-hybridized carbons (Fsp3) is 0.600. The third kappa shape index (κ3) is 4.40. The summed E-state index contributed by atoms with van der Waals surface area (Å²) in [6, 6.07) is 0. The van der Waals surface area contributed by atoms with E-state index in [-0.39, 0.29) is 5.91 Å². The first-order valence-electron chi connectivity index (χ1n) is 5.15. The Hall–Kier alpha value is -0.940. The number of hydrogen-bond donors (Lipinski definition) is 2. The maximum absolute atomic E-state index is 11.5. The van der Waals surface area contributed by atoms with Crippen LogP contribution in [0.25, 0.3) is 0 Å². The van der Waals surface area contributed by atoms with Crippen molar-refractivity contribution in [2.24, 2.45) is 0 Å². The van der Waals surface area contributed by atoms with Crippen LogP contribution < -0.4 is 10.6 Å². The second-order valence-electron chi connectivity index (χ2n) is 3.25. The molecule has 1 aromatic heterocycles. The molecule has 4 nitrogen and oxygen atoms in total. The van der Waals surface area contributed by atoms with Gasteiger partial charge in [-0.2, -0.15) is 0 Å². The van der Waals surface area contributed by atoms with Gasteiger partial charge >= 0.3 is 0 Å². The predicted molar refractivity (Wildman–Crippen MR) is 62.3 cm³/mol. The fourth-order valence-corrected chi connectivity index (χ4v) is 1.81. The van der Waals surface area contributed by atoms with Crippen molar-refractivity contribution in [2.75, 3.05) is 19.6 Å². The molecular formula is C10H17N3OS. The molecule has 0 saturated heterocycles. The van der Waals surface area contributed by atoms with Gasteiger partial charge in [-0.15, -0.1) is 11.3 Å². The lowest BCUT2D eigenvalue weighted by molar-refractivity contribution is 0.0958. The summed E-state index contributed by atoms with van der Waals surface area (Å²) in [6.07, 6.45) is 2.73. The molecule has 0 saturated carbocycles. The number of aryl methyl sites for hydroxylation is 1. The Morgan fingerprint density at radius 2 is 2.27 bits per heavy atom. The minimum absolute atomic E-state index is 0.0288. The third-order valence-electron chi connectivity index (χ3n) is 1.86. The van der Waals surface area contributed by atoms with Crippen molar-refractivity contribution in [3.8, 4) is 0 Å². The maximum atomic E-state index is 11.5. The quantitative estimate of drug-likeness (QED) is 0.718. The summed E-state index contributed by atoms with van der Waals surface area (Å²) < 4.78 is 0. The number of nitrogens with zero attached hydrogens (tertiary/aromatic N) is 1. The first kappa shape index (κ1) is 12.1. The summed E-state index contributed by atoms with van der Waals surface area (Å²) in [5, 5.41) is 6.98. The molecule has 15 heavy (non-hydrogen) atoms. The SMILES string of the molecule is CCCNCCNC(=O)c1cnc(C)s1. The van der Waals surface area contributed by atoms with Gasteiger partial charge in [0, 0.05) is 13.1 Å². The van der Waals surface area contributed by atoms with Gasteiger partial charge in [0.25, 0.3) is 5.91 Å². The highest BCUT2D eigenvalue weighted by molar-refractivity contribution is 7.13. The summed E-state index contributed by atoms with van der Waals surface area (Å²) in [4.78, 5) is 16.2. The second-order valence-corrected chi connectivity index (χ2v) is 4.48. The number of aromatic nitrogens is 1. The van der Waals surface area contributed by atoms with E-state index in [0.29, 0.717) is 11.4 Å². The number of thiazole rings is 1. The Labute approximate surface area is 94.1 Å². The molecular weight excluding hydrogens is 210 g/mol. The smallest absolute Gasteiger partial charge is 0.263 e. The van der Waals surface area contributed by atoms with Gasteiger partial charge in [0.05, 0.1) is 11.2 Å². The van der Waals surface area contributed by atoms with Crippen molar-refractivity contribution in [1.82, 2.24) is 15.6 Å². The van der Waals surface area contributed by atoms with Gasteiger partial charge in [-0.25, -0.2) is 4.98 Å². The Morgan fingerprint density at radius 3 is 2.87 bits per heavy atom. The third-order valence-corrected chi connectivity index (χ3v) is 2.77. The zero-order chi connectivity index (χ0) is 11.1. The largest absolute Gasteiger partial charge is 0.350 e. The van der Waals surface area contributed by atoms with Crippen LogP contribution in [0.4, 0.5) is 0 Å². The van der Waals surface area contributed by atoms with E-state index in [0.717, 1.165) is 24.5 Å². The van der Waals surface area contributed by atoms with Crippen LogP contribution in [0.3, 0.4) is 0 Å². The molecule has 0 unspecified atom stereocenters. The summed E-state index contributed by atoms with van der Waals surface area (Å²) >= 11 is 1.42.